The number of hydrogen-bond donors (Lipinski definition) is 1. The fraction of sp³-hybridized carbons (Fsp3) is 0.286. The van der Waals surface area contributed by atoms with E-state index in [1.54, 1.807) is 6.07 Å². The van der Waals surface area contributed by atoms with E-state index < -0.39 is 17.7 Å². The maximum absolute atomic E-state index is 11.9. The minimum absolute atomic E-state index is 0.0645. The average Bonchev–Trinajstić information content (AvgIpc) is 2.37. The zero-order chi connectivity index (χ0) is 15.8. The van der Waals surface area contributed by atoms with Gasteiger partial charge in [-0.3, -0.25) is 0 Å². The molecule has 1 fully saturated rings. The molecule has 0 unspecified atom stereocenters. The van der Waals surface area contributed by atoms with Crippen molar-refractivity contribution >= 4 is 40.6 Å². The lowest BCUT2D eigenvalue weighted by molar-refractivity contribution is -0.222. The van der Waals surface area contributed by atoms with Gasteiger partial charge in [0.05, 0.1) is 10.7 Å². The van der Waals surface area contributed by atoms with Gasteiger partial charge in [-0.25, -0.2) is 9.59 Å². The van der Waals surface area contributed by atoms with Crippen molar-refractivity contribution in [2.24, 2.45) is 0 Å². The number of phenolic OH excluding ortho intramolecular Hbond substituents is 1. The van der Waals surface area contributed by atoms with E-state index in [-0.39, 0.29) is 11.3 Å². The molecule has 0 aliphatic carbocycles. The Morgan fingerprint density at radius 2 is 1.81 bits per heavy atom. The van der Waals surface area contributed by atoms with Crippen LogP contribution in [0.15, 0.2) is 17.7 Å². The summed E-state index contributed by atoms with van der Waals surface area (Å²) >= 11 is 1.89. The fourth-order valence-electron chi connectivity index (χ4n) is 1.77. The van der Waals surface area contributed by atoms with Crippen LogP contribution in [0.1, 0.15) is 19.4 Å². The Hall–Kier alpha value is -1.77. The van der Waals surface area contributed by atoms with E-state index in [0.717, 1.165) is 0 Å². The van der Waals surface area contributed by atoms with E-state index in [9.17, 15) is 14.7 Å². The van der Waals surface area contributed by atoms with Gasteiger partial charge in [0.2, 0.25) is 0 Å². The quantitative estimate of drug-likeness (QED) is 0.353. The Labute approximate surface area is 134 Å². The van der Waals surface area contributed by atoms with Crippen molar-refractivity contribution in [3.8, 4) is 11.5 Å². The highest BCUT2D eigenvalue weighted by atomic mass is 127. The van der Waals surface area contributed by atoms with Crippen molar-refractivity contribution in [2.45, 2.75) is 19.6 Å². The molecule has 0 bridgehead atoms. The summed E-state index contributed by atoms with van der Waals surface area (Å²) in [5.74, 6) is -2.56. The van der Waals surface area contributed by atoms with Gasteiger partial charge in [-0.2, -0.15) is 0 Å². The smallest absolute Gasteiger partial charge is 0.348 e. The summed E-state index contributed by atoms with van der Waals surface area (Å²) in [7, 11) is 1.43. The number of esters is 2. The predicted octanol–water partition coefficient (Wildman–Crippen LogP) is 2.22. The molecule has 1 aromatic carbocycles. The van der Waals surface area contributed by atoms with E-state index in [2.05, 4.69) is 0 Å². The molecule has 1 aliphatic rings. The van der Waals surface area contributed by atoms with Crippen LogP contribution in [-0.4, -0.2) is 29.9 Å². The zero-order valence-electron chi connectivity index (χ0n) is 11.6. The molecule has 21 heavy (non-hydrogen) atoms. The van der Waals surface area contributed by atoms with Gasteiger partial charge in [-0.05, 0) is 46.4 Å². The van der Waals surface area contributed by atoms with Crippen molar-refractivity contribution in [3.05, 3.63) is 26.8 Å². The van der Waals surface area contributed by atoms with E-state index in [1.807, 2.05) is 22.6 Å². The number of hydrogen-bond acceptors (Lipinski definition) is 6. The predicted molar refractivity (Wildman–Crippen MR) is 81.6 cm³/mol. The van der Waals surface area contributed by atoms with Crippen LogP contribution < -0.4 is 4.74 Å². The number of halogens is 1. The van der Waals surface area contributed by atoms with Crippen LogP contribution >= 0.6 is 22.6 Å². The molecule has 1 heterocycles. The first-order chi connectivity index (χ1) is 9.75. The lowest BCUT2D eigenvalue weighted by Gasteiger charge is -2.29. The van der Waals surface area contributed by atoms with Gasteiger partial charge >= 0.3 is 11.9 Å². The lowest BCUT2D eigenvalue weighted by Crippen LogP contribution is -2.41. The number of methoxy groups -OCH3 is 1. The number of carbonyl (C=O) groups excluding carboxylic acids is 2. The van der Waals surface area contributed by atoms with Gasteiger partial charge < -0.3 is 19.3 Å². The SMILES string of the molecule is COc1ccc(C=C2C(=O)OC(C)(C)OC2=O)c(I)c1O. The van der Waals surface area contributed by atoms with E-state index in [4.69, 9.17) is 14.2 Å². The first kappa shape index (κ1) is 15.6. The van der Waals surface area contributed by atoms with Gasteiger partial charge in [-0.15, -0.1) is 0 Å². The molecule has 2 rings (SSSR count). The molecule has 1 aliphatic heterocycles. The molecule has 7 heteroatoms. The molecule has 0 saturated carbocycles. The van der Waals surface area contributed by atoms with Gasteiger partial charge in [0.15, 0.2) is 11.5 Å². The molecule has 0 amide bonds. The molecule has 0 atom stereocenters. The van der Waals surface area contributed by atoms with Crippen LogP contribution in [0.5, 0.6) is 11.5 Å². The third kappa shape index (κ3) is 3.12. The second-order valence-corrected chi connectivity index (χ2v) is 5.84. The van der Waals surface area contributed by atoms with Gasteiger partial charge in [0.25, 0.3) is 5.79 Å². The standard InChI is InChI=1S/C14H13IO6/c1-14(2)20-12(17)8(13(18)21-14)6-7-4-5-9(19-3)11(16)10(7)15/h4-6,16H,1-3H3. The average molecular weight is 404 g/mol. The van der Waals surface area contributed by atoms with Crippen molar-refractivity contribution in [2.75, 3.05) is 7.11 Å². The molecule has 112 valence electrons. The first-order valence-corrected chi connectivity index (χ1v) is 7.07. The third-order valence-corrected chi connectivity index (χ3v) is 3.88. The topological polar surface area (TPSA) is 82.1 Å². The molecule has 6 nitrogen and oxygen atoms in total. The Morgan fingerprint density at radius 3 is 2.33 bits per heavy atom. The maximum atomic E-state index is 11.9. The van der Waals surface area contributed by atoms with E-state index in [1.165, 1.54) is 33.1 Å². The van der Waals surface area contributed by atoms with Crippen molar-refractivity contribution in [1.29, 1.82) is 0 Å². The van der Waals surface area contributed by atoms with Gasteiger partial charge in [0, 0.05) is 13.8 Å². The number of aromatic hydroxyl groups is 1. The maximum Gasteiger partial charge on any atom is 0.348 e. The summed E-state index contributed by atoms with van der Waals surface area (Å²) in [6, 6.07) is 3.15. The minimum Gasteiger partial charge on any atom is -0.504 e. The van der Waals surface area contributed by atoms with E-state index >= 15 is 0 Å². The van der Waals surface area contributed by atoms with Crippen molar-refractivity contribution in [1.82, 2.24) is 0 Å². The summed E-state index contributed by atoms with van der Waals surface area (Å²) in [6.45, 7) is 2.95. The number of carbonyl (C=O) groups is 2. The second kappa shape index (κ2) is 5.55. The molecule has 0 spiro atoms. The number of benzene rings is 1. The molecule has 0 radical (unpaired) electrons. The highest BCUT2D eigenvalue weighted by Crippen LogP contribution is 2.35. The van der Waals surface area contributed by atoms with Crippen LogP contribution in [0.25, 0.3) is 6.08 Å². The zero-order valence-corrected chi connectivity index (χ0v) is 13.8. The highest BCUT2D eigenvalue weighted by Gasteiger charge is 2.39. The highest BCUT2D eigenvalue weighted by molar-refractivity contribution is 14.1. The fourth-order valence-corrected chi connectivity index (χ4v) is 2.37. The lowest BCUT2D eigenvalue weighted by atomic mass is 10.1. The Morgan fingerprint density at radius 1 is 1.24 bits per heavy atom. The minimum atomic E-state index is -1.28. The molecular weight excluding hydrogens is 391 g/mol. The van der Waals surface area contributed by atoms with Gasteiger partial charge in [-0.1, -0.05) is 0 Å². The molecule has 1 aromatic rings. The number of cyclic esters (lactones) is 2. The van der Waals surface area contributed by atoms with Crippen LogP contribution in [0, 0.1) is 3.57 Å². The molecular formula is C14H13IO6. The monoisotopic (exact) mass is 404 g/mol. The van der Waals surface area contributed by atoms with Crippen LogP contribution in [0.3, 0.4) is 0 Å². The number of phenols is 1. The normalized spacial score (nSPS) is 17.0. The van der Waals surface area contributed by atoms with Crippen LogP contribution in [0.4, 0.5) is 0 Å². The Kier molecular flexibility index (Phi) is 4.13. The van der Waals surface area contributed by atoms with Crippen LogP contribution in [-0.2, 0) is 19.1 Å². The van der Waals surface area contributed by atoms with Crippen molar-refractivity contribution < 1.29 is 28.9 Å². The summed E-state index contributed by atoms with van der Waals surface area (Å²) in [6.07, 6.45) is 1.32. The third-order valence-electron chi connectivity index (χ3n) is 2.75. The van der Waals surface area contributed by atoms with Crippen LogP contribution in [0.2, 0.25) is 0 Å². The Bertz CT molecular complexity index is 625. The van der Waals surface area contributed by atoms with Gasteiger partial charge in [0.1, 0.15) is 5.57 Å². The van der Waals surface area contributed by atoms with E-state index in [0.29, 0.717) is 14.9 Å². The largest absolute Gasteiger partial charge is 0.504 e. The van der Waals surface area contributed by atoms with Crippen molar-refractivity contribution in [3.63, 3.8) is 0 Å². The molecule has 1 N–H and O–H groups in total. The summed E-state index contributed by atoms with van der Waals surface area (Å²) in [5.41, 5.74) is 0.259. The second-order valence-electron chi connectivity index (χ2n) is 4.76. The first-order valence-electron chi connectivity index (χ1n) is 5.99. The summed E-state index contributed by atoms with van der Waals surface area (Å²) in [4.78, 5) is 23.7. The Balaban J connectivity index is 2.43. The molecule has 0 aromatic heterocycles. The summed E-state index contributed by atoms with van der Waals surface area (Å²) < 4.78 is 15.4. The number of rotatable bonds is 2. The molecule has 1 saturated heterocycles. The number of ether oxygens (including phenoxy) is 3. The summed E-state index contributed by atoms with van der Waals surface area (Å²) in [5, 5.41) is 9.93.